The van der Waals surface area contributed by atoms with Crippen molar-refractivity contribution in [3.8, 4) is 17.4 Å². The molecule has 1 aromatic carbocycles. The van der Waals surface area contributed by atoms with E-state index < -0.39 is 0 Å². The van der Waals surface area contributed by atoms with E-state index in [1.165, 1.54) is 0 Å². The van der Waals surface area contributed by atoms with E-state index in [0.717, 1.165) is 48.2 Å². The molecule has 0 aliphatic carbocycles. The van der Waals surface area contributed by atoms with Gasteiger partial charge in [0.05, 0.1) is 0 Å². The van der Waals surface area contributed by atoms with E-state index in [1.54, 1.807) is 6.20 Å². The number of nitrogens with one attached hydrogen (secondary N) is 1. The maximum absolute atomic E-state index is 6.09. The molecule has 1 aromatic heterocycles. The molecule has 0 unspecified atom stereocenters. The fourth-order valence-electron chi connectivity index (χ4n) is 2.85. The van der Waals surface area contributed by atoms with Gasteiger partial charge in [0, 0.05) is 18.1 Å². The highest BCUT2D eigenvalue weighted by Crippen LogP contribution is 2.37. The average Bonchev–Trinajstić information content (AvgIpc) is 2.54. The van der Waals surface area contributed by atoms with Crippen molar-refractivity contribution in [1.29, 1.82) is 0 Å². The van der Waals surface area contributed by atoms with Gasteiger partial charge in [-0.25, -0.2) is 4.98 Å². The largest absolute Gasteiger partial charge is 0.486 e. The van der Waals surface area contributed by atoms with Gasteiger partial charge in [-0.1, -0.05) is 0 Å². The van der Waals surface area contributed by atoms with Crippen LogP contribution < -0.4 is 19.5 Å². The minimum atomic E-state index is 0.185. The van der Waals surface area contributed by atoms with Crippen molar-refractivity contribution in [3.63, 3.8) is 0 Å². The summed E-state index contributed by atoms with van der Waals surface area (Å²) in [6.45, 7) is 3.13. The van der Waals surface area contributed by atoms with E-state index in [2.05, 4.69) is 10.3 Å². The van der Waals surface area contributed by atoms with Gasteiger partial charge >= 0.3 is 0 Å². The molecule has 2 aromatic rings. The molecule has 110 valence electrons. The Morgan fingerprint density at radius 1 is 1.19 bits per heavy atom. The minimum Gasteiger partial charge on any atom is -0.486 e. The molecule has 0 amide bonds. The molecule has 2 aliphatic rings. The number of fused-ring (bicyclic) bond motifs is 2. The summed E-state index contributed by atoms with van der Waals surface area (Å²) in [6.07, 6.45) is 4.17. The van der Waals surface area contributed by atoms with Gasteiger partial charge < -0.3 is 19.5 Å². The number of hydrogen-bond acceptors (Lipinski definition) is 5. The standard InChI is InChI=1S/C16H18N2O3/c1-2-12(10-17-4-1)21-16-13-9-15-14(19-6-7-20-15)8-11(13)3-5-18-16/h3,5,8-9,12,17H,1-2,4,6-7,10H2/t12-/m0/s1. The minimum absolute atomic E-state index is 0.185. The maximum Gasteiger partial charge on any atom is 0.221 e. The molecule has 3 heterocycles. The van der Waals surface area contributed by atoms with Gasteiger partial charge in [-0.2, -0.15) is 0 Å². The van der Waals surface area contributed by atoms with Gasteiger partial charge in [-0.15, -0.1) is 0 Å². The lowest BCUT2D eigenvalue weighted by atomic mass is 10.1. The van der Waals surface area contributed by atoms with Crippen LogP contribution >= 0.6 is 0 Å². The predicted molar refractivity (Wildman–Crippen MR) is 79.3 cm³/mol. The highest BCUT2D eigenvalue weighted by molar-refractivity contribution is 5.90. The normalized spacial score (nSPS) is 21.2. The van der Waals surface area contributed by atoms with Crippen molar-refractivity contribution in [2.45, 2.75) is 18.9 Å². The van der Waals surface area contributed by atoms with Gasteiger partial charge in [0.15, 0.2) is 11.5 Å². The Labute approximate surface area is 123 Å². The van der Waals surface area contributed by atoms with Crippen LogP contribution in [0.1, 0.15) is 12.8 Å². The summed E-state index contributed by atoms with van der Waals surface area (Å²) in [5.41, 5.74) is 0. The average molecular weight is 286 g/mol. The molecule has 5 heteroatoms. The van der Waals surface area contributed by atoms with Crippen molar-refractivity contribution in [3.05, 3.63) is 24.4 Å². The third kappa shape index (κ3) is 2.49. The van der Waals surface area contributed by atoms with Crippen LogP contribution in [0, 0.1) is 0 Å². The molecule has 5 nitrogen and oxygen atoms in total. The first-order valence-electron chi connectivity index (χ1n) is 7.46. The topological polar surface area (TPSA) is 52.6 Å². The van der Waals surface area contributed by atoms with Crippen molar-refractivity contribution in [2.24, 2.45) is 0 Å². The van der Waals surface area contributed by atoms with E-state index >= 15 is 0 Å². The molecule has 2 aliphatic heterocycles. The first-order valence-corrected chi connectivity index (χ1v) is 7.46. The first-order chi connectivity index (χ1) is 10.4. The molecule has 0 saturated carbocycles. The molecule has 0 bridgehead atoms. The molecule has 1 saturated heterocycles. The summed E-state index contributed by atoms with van der Waals surface area (Å²) in [4.78, 5) is 4.40. The SMILES string of the molecule is c1cc2cc3c(cc2c(O[C@H]2CCCNC2)n1)OCCO3. The van der Waals surface area contributed by atoms with Crippen LogP contribution in [0.15, 0.2) is 24.4 Å². The van der Waals surface area contributed by atoms with Crippen LogP contribution in [0.2, 0.25) is 0 Å². The van der Waals surface area contributed by atoms with E-state index in [0.29, 0.717) is 19.1 Å². The Balaban J connectivity index is 1.71. The lowest BCUT2D eigenvalue weighted by molar-refractivity contribution is 0.162. The summed E-state index contributed by atoms with van der Waals surface area (Å²) < 4.78 is 17.4. The summed E-state index contributed by atoms with van der Waals surface area (Å²) in [6, 6.07) is 5.94. The van der Waals surface area contributed by atoms with Crippen LogP contribution in [0.4, 0.5) is 0 Å². The molecule has 0 radical (unpaired) electrons. The van der Waals surface area contributed by atoms with Crippen molar-refractivity contribution in [1.82, 2.24) is 10.3 Å². The van der Waals surface area contributed by atoms with Crippen LogP contribution in [0.5, 0.6) is 17.4 Å². The van der Waals surface area contributed by atoms with Crippen LogP contribution in [0.25, 0.3) is 10.8 Å². The summed E-state index contributed by atoms with van der Waals surface area (Å²) >= 11 is 0. The van der Waals surface area contributed by atoms with Crippen molar-refractivity contribution < 1.29 is 14.2 Å². The molecule has 21 heavy (non-hydrogen) atoms. The smallest absolute Gasteiger partial charge is 0.221 e. The van der Waals surface area contributed by atoms with E-state index in [-0.39, 0.29) is 6.10 Å². The second-order valence-corrected chi connectivity index (χ2v) is 5.42. The zero-order valence-corrected chi connectivity index (χ0v) is 11.8. The van der Waals surface area contributed by atoms with Gasteiger partial charge in [-0.05, 0) is 43.0 Å². The second kappa shape index (κ2) is 5.41. The fourth-order valence-corrected chi connectivity index (χ4v) is 2.85. The molecule has 0 spiro atoms. The number of hydrogen-bond donors (Lipinski definition) is 1. The molecule has 1 atom stereocenters. The van der Waals surface area contributed by atoms with E-state index in [4.69, 9.17) is 14.2 Å². The van der Waals surface area contributed by atoms with Crippen molar-refractivity contribution >= 4 is 10.8 Å². The molecular formula is C16H18N2O3. The van der Waals surface area contributed by atoms with Crippen molar-refractivity contribution in [2.75, 3.05) is 26.3 Å². The first kappa shape index (κ1) is 12.7. The third-order valence-electron chi connectivity index (χ3n) is 3.92. The van der Waals surface area contributed by atoms with Gasteiger partial charge in [0.25, 0.3) is 0 Å². The van der Waals surface area contributed by atoms with Gasteiger partial charge in [-0.3, -0.25) is 0 Å². The molecule has 4 rings (SSSR count). The van der Waals surface area contributed by atoms with Crippen LogP contribution in [0.3, 0.4) is 0 Å². The third-order valence-corrected chi connectivity index (χ3v) is 3.92. The summed E-state index contributed by atoms with van der Waals surface area (Å²) in [5.74, 6) is 2.25. The van der Waals surface area contributed by atoms with Crippen LogP contribution in [-0.4, -0.2) is 37.4 Å². The zero-order chi connectivity index (χ0) is 14.1. The zero-order valence-electron chi connectivity index (χ0n) is 11.8. The number of benzene rings is 1. The lowest BCUT2D eigenvalue weighted by Gasteiger charge is -2.24. The molecule has 1 fully saturated rings. The number of piperidine rings is 1. The highest BCUT2D eigenvalue weighted by atomic mass is 16.6. The fraction of sp³-hybridized carbons (Fsp3) is 0.438. The number of pyridine rings is 1. The summed E-state index contributed by atoms with van der Waals surface area (Å²) in [7, 11) is 0. The number of nitrogens with zero attached hydrogens (tertiary/aromatic N) is 1. The maximum atomic E-state index is 6.09. The number of rotatable bonds is 2. The quantitative estimate of drug-likeness (QED) is 0.916. The second-order valence-electron chi connectivity index (χ2n) is 5.42. The number of aromatic nitrogens is 1. The predicted octanol–water partition coefficient (Wildman–Crippen LogP) is 2.14. The Morgan fingerprint density at radius 2 is 2.05 bits per heavy atom. The Kier molecular flexibility index (Phi) is 3.27. The monoisotopic (exact) mass is 286 g/mol. The Bertz CT molecular complexity index is 653. The van der Waals surface area contributed by atoms with Crippen LogP contribution in [-0.2, 0) is 0 Å². The van der Waals surface area contributed by atoms with Gasteiger partial charge in [0.2, 0.25) is 5.88 Å². The Morgan fingerprint density at radius 3 is 2.86 bits per heavy atom. The number of ether oxygens (including phenoxy) is 3. The van der Waals surface area contributed by atoms with Gasteiger partial charge in [0.1, 0.15) is 19.3 Å². The van der Waals surface area contributed by atoms with E-state index in [9.17, 15) is 0 Å². The van der Waals surface area contributed by atoms with E-state index in [1.807, 2.05) is 18.2 Å². The summed E-state index contributed by atoms with van der Waals surface area (Å²) in [5, 5.41) is 5.40. The molecule has 1 N–H and O–H groups in total. The highest BCUT2D eigenvalue weighted by Gasteiger charge is 2.19. The lowest BCUT2D eigenvalue weighted by Crippen LogP contribution is -2.37. The molecular weight excluding hydrogens is 268 g/mol. The Hall–Kier alpha value is -2.01.